The molecule has 0 bridgehead atoms. The number of fused-ring (bicyclic) bond motifs is 2. The number of nitrogens with two attached hydrogens (primary N) is 1. The van der Waals surface area contributed by atoms with Crippen LogP contribution in [-0.4, -0.2) is 40.9 Å². The maximum absolute atomic E-state index is 13.8. The van der Waals surface area contributed by atoms with Gasteiger partial charge in [-0.1, -0.05) is 45.0 Å². The predicted molar refractivity (Wildman–Crippen MR) is 144 cm³/mol. The molecule has 2 N–H and O–H groups in total. The molecule has 6 rings (SSSR count). The number of pyridine rings is 1. The maximum atomic E-state index is 13.8. The van der Waals surface area contributed by atoms with Gasteiger partial charge in [0.2, 0.25) is 5.91 Å². The number of carbonyl (C=O) groups is 3. The van der Waals surface area contributed by atoms with Gasteiger partial charge in [-0.2, -0.15) is 0 Å². The van der Waals surface area contributed by atoms with Crippen LogP contribution in [0.1, 0.15) is 67.1 Å². The van der Waals surface area contributed by atoms with E-state index in [1.165, 1.54) is 0 Å². The molecule has 8 nitrogen and oxygen atoms in total. The molecular formula is C31H31N3O5. The molecule has 1 saturated carbocycles. The van der Waals surface area contributed by atoms with Crippen LogP contribution in [0.5, 0.6) is 5.75 Å². The van der Waals surface area contributed by atoms with E-state index in [1.807, 2.05) is 68.1 Å². The highest BCUT2D eigenvalue weighted by Gasteiger charge is 2.57. The fourth-order valence-electron chi connectivity index (χ4n) is 5.98. The molecule has 2 fully saturated rings. The van der Waals surface area contributed by atoms with E-state index in [4.69, 9.17) is 20.2 Å². The summed E-state index contributed by atoms with van der Waals surface area (Å²) in [6.45, 7) is 7.02. The van der Waals surface area contributed by atoms with E-state index in [-0.39, 0.29) is 17.3 Å². The second kappa shape index (κ2) is 8.66. The highest BCUT2D eigenvalue weighted by molar-refractivity contribution is 5.96. The molecule has 3 heterocycles. The van der Waals surface area contributed by atoms with Crippen molar-refractivity contribution in [3.05, 3.63) is 83.0 Å². The molecule has 39 heavy (non-hydrogen) atoms. The average molecular weight is 526 g/mol. The quantitative estimate of drug-likeness (QED) is 0.488. The number of rotatable bonds is 4. The van der Waals surface area contributed by atoms with Crippen LogP contribution in [-0.2, 0) is 26.0 Å². The minimum Gasteiger partial charge on any atom is -0.449 e. The zero-order valence-electron chi connectivity index (χ0n) is 22.3. The van der Waals surface area contributed by atoms with Crippen molar-refractivity contribution in [3.8, 4) is 17.0 Å². The Hall–Kier alpha value is -4.20. The van der Waals surface area contributed by atoms with Gasteiger partial charge in [0.1, 0.15) is 5.75 Å². The Labute approximate surface area is 227 Å². The molecule has 1 saturated heterocycles. The molecule has 2 aromatic carbocycles. The number of hydrogen-bond acceptors (Lipinski definition) is 6. The lowest BCUT2D eigenvalue weighted by Gasteiger charge is -2.27. The summed E-state index contributed by atoms with van der Waals surface area (Å²) in [5, 5.41) is 0. The van der Waals surface area contributed by atoms with Crippen molar-refractivity contribution in [1.82, 2.24) is 9.88 Å². The zero-order chi connectivity index (χ0) is 27.6. The Balaban J connectivity index is 1.23. The van der Waals surface area contributed by atoms with Gasteiger partial charge in [0.15, 0.2) is 5.60 Å². The SMILES string of the molecule is CC(C)(C)c1cc(-c2ccc(C3(C(=O)N4CCC5(C4)OC(=O)c4ccccc45)CC3)cn2)ccc1OC(N)=O. The van der Waals surface area contributed by atoms with Crippen LogP contribution >= 0.6 is 0 Å². The van der Waals surface area contributed by atoms with Gasteiger partial charge in [-0.25, -0.2) is 9.59 Å². The molecule has 200 valence electrons. The first-order valence-corrected chi connectivity index (χ1v) is 13.2. The van der Waals surface area contributed by atoms with Gasteiger partial charge >= 0.3 is 12.1 Å². The number of primary amides is 1. The van der Waals surface area contributed by atoms with Crippen molar-refractivity contribution >= 4 is 18.0 Å². The molecule has 2 amide bonds. The highest BCUT2D eigenvalue weighted by Crippen LogP contribution is 2.52. The fraction of sp³-hybridized carbons (Fsp3) is 0.355. The Morgan fingerprint density at radius 3 is 2.49 bits per heavy atom. The number of hydrogen-bond donors (Lipinski definition) is 1. The number of nitrogens with zero attached hydrogens (tertiary/aromatic N) is 2. The predicted octanol–water partition coefficient (Wildman–Crippen LogP) is 4.83. The minimum atomic E-state index is -0.852. The summed E-state index contributed by atoms with van der Waals surface area (Å²) in [5.41, 5.74) is 8.47. The summed E-state index contributed by atoms with van der Waals surface area (Å²) < 4.78 is 11.1. The first kappa shape index (κ1) is 25.1. The molecule has 1 spiro atoms. The van der Waals surface area contributed by atoms with E-state index in [9.17, 15) is 14.4 Å². The number of amides is 2. The Kier molecular flexibility index (Phi) is 5.57. The smallest absolute Gasteiger partial charge is 0.409 e. The molecule has 1 unspecified atom stereocenters. The molecule has 1 atom stereocenters. The van der Waals surface area contributed by atoms with E-state index >= 15 is 0 Å². The Bertz CT molecular complexity index is 1500. The van der Waals surface area contributed by atoms with Gasteiger partial charge in [-0.3, -0.25) is 9.78 Å². The van der Waals surface area contributed by atoms with E-state index < -0.39 is 17.1 Å². The number of likely N-dealkylation sites (tertiary alicyclic amines) is 1. The standard InChI is InChI=1S/C31H31N3O5/c1-29(2,3)23-16-19(8-11-25(23)38-28(32)37)24-10-9-20(17-33-24)30(12-13-30)27(36)34-15-14-31(18-34)22-7-5-4-6-21(22)26(35)39-31/h4-11,16-17H,12-15,18H2,1-3H3,(H2,32,37). The molecule has 1 aliphatic carbocycles. The molecular weight excluding hydrogens is 494 g/mol. The maximum Gasteiger partial charge on any atom is 0.409 e. The molecule has 3 aliphatic rings. The normalized spacial score (nSPS) is 21.0. The zero-order valence-corrected chi connectivity index (χ0v) is 22.3. The lowest BCUT2D eigenvalue weighted by Crippen LogP contribution is -2.40. The van der Waals surface area contributed by atoms with Gasteiger partial charge in [0.25, 0.3) is 0 Å². The molecule has 1 aromatic heterocycles. The van der Waals surface area contributed by atoms with Gasteiger partial charge in [-0.05, 0) is 54.2 Å². The number of ether oxygens (including phenoxy) is 2. The number of aromatic nitrogens is 1. The molecule has 8 heteroatoms. The fourth-order valence-corrected chi connectivity index (χ4v) is 5.98. The largest absolute Gasteiger partial charge is 0.449 e. The Morgan fingerprint density at radius 2 is 1.82 bits per heavy atom. The topological polar surface area (TPSA) is 112 Å². The third-order valence-corrected chi connectivity index (χ3v) is 8.21. The third kappa shape index (κ3) is 4.15. The summed E-state index contributed by atoms with van der Waals surface area (Å²) in [6, 6.07) is 16.9. The van der Waals surface area contributed by atoms with Crippen molar-refractivity contribution in [2.24, 2.45) is 5.73 Å². The van der Waals surface area contributed by atoms with Crippen molar-refractivity contribution in [1.29, 1.82) is 0 Å². The second-order valence-corrected chi connectivity index (χ2v) is 11.8. The van der Waals surface area contributed by atoms with Crippen molar-refractivity contribution in [2.45, 2.75) is 56.5 Å². The van der Waals surface area contributed by atoms with Crippen LogP contribution < -0.4 is 10.5 Å². The van der Waals surface area contributed by atoms with Crippen LogP contribution in [0.2, 0.25) is 0 Å². The summed E-state index contributed by atoms with van der Waals surface area (Å²) >= 11 is 0. The Morgan fingerprint density at radius 1 is 1.05 bits per heavy atom. The molecule has 3 aromatic rings. The van der Waals surface area contributed by atoms with E-state index in [2.05, 4.69) is 0 Å². The summed E-state index contributed by atoms with van der Waals surface area (Å²) in [4.78, 5) is 44.2. The summed E-state index contributed by atoms with van der Waals surface area (Å²) in [6.07, 6.45) is 3.07. The van der Waals surface area contributed by atoms with Crippen molar-refractivity contribution < 1.29 is 23.9 Å². The third-order valence-electron chi connectivity index (χ3n) is 8.21. The first-order valence-electron chi connectivity index (χ1n) is 13.2. The monoisotopic (exact) mass is 525 g/mol. The van der Waals surface area contributed by atoms with Crippen LogP contribution in [0.25, 0.3) is 11.3 Å². The van der Waals surface area contributed by atoms with Crippen LogP contribution in [0, 0.1) is 0 Å². The summed E-state index contributed by atoms with van der Waals surface area (Å²) in [5.74, 6) is 0.179. The number of benzene rings is 2. The van der Waals surface area contributed by atoms with Crippen molar-refractivity contribution in [3.63, 3.8) is 0 Å². The average Bonchev–Trinajstić information content (AvgIpc) is 3.54. The molecule has 0 radical (unpaired) electrons. The molecule has 2 aliphatic heterocycles. The van der Waals surface area contributed by atoms with Crippen LogP contribution in [0.4, 0.5) is 4.79 Å². The highest BCUT2D eigenvalue weighted by atomic mass is 16.6. The van der Waals surface area contributed by atoms with Gasteiger partial charge in [0.05, 0.1) is 23.2 Å². The van der Waals surface area contributed by atoms with Crippen LogP contribution in [0.3, 0.4) is 0 Å². The lowest BCUT2D eigenvalue weighted by atomic mass is 9.85. The summed E-state index contributed by atoms with van der Waals surface area (Å²) in [7, 11) is 0. The van der Waals surface area contributed by atoms with Crippen molar-refractivity contribution in [2.75, 3.05) is 13.1 Å². The first-order chi connectivity index (χ1) is 18.5. The van der Waals surface area contributed by atoms with Crippen LogP contribution in [0.15, 0.2) is 60.8 Å². The van der Waals surface area contributed by atoms with Gasteiger partial charge in [-0.15, -0.1) is 0 Å². The van der Waals surface area contributed by atoms with E-state index in [0.29, 0.717) is 30.8 Å². The van der Waals surface area contributed by atoms with Gasteiger partial charge in [0, 0.05) is 35.9 Å². The minimum absolute atomic E-state index is 0.0670. The number of carbonyl (C=O) groups excluding carboxylic acids is 3. The van der Waals surface area contributed by atoms with E-state index in [1.54, 1.807) is 18.3 Å². The van der Waals surface area contributed by atoms with Gasteiger partial charge < -0.3 is 20.1 Å². The number of esters is 1. The van der Waals surface area contributed by atoms with E-state index in [0.717, 1.165) is 40.8 Å². The lowest BCUT2D eigenvalue weighted by molar-refractivity contribution is -0.134. The second-order valence-electron chi connectivity index (χ2n) is 11.8.